The highest BCUT2D eigenvalue weighted by atomic mass is 16.4. The highest BCUT2D eigenvalue weighted by Gasteiger charge is 2.26. The first-order valence-corrected chi connectivity index (χ1v) is 5.88. The third-order valence-corrected chi connectivity index (χ3v) is 3.30. The number of carbonyl (C=O) groups is 1. The second kappa shape index (κ2) is 4.64. The average Bonchev–Trinajstić information content (AvgIpc) is 2.32. The van der Waals surface area contributed by atoms with Crippen LogP contribution < -0.4 is 16.4 Å². The van der Waals surface area contributed by atoms with Crippen LogP contribution in [0, 0.1) is 0 Å². The van der Waals surface area contributed by atoms with Gasteiger partial charge in [-0.05, 0) is 25.1 Å². The number of hydrogen-bond acceptors (Lipinski definition) is 4. The molecule has 1 aromatic rings. The molecule has 0 unspecified atom stereocenters. The normalized spacial score (nSPS) is 19.9. The fraction of sp³-hybridized carbons (Fsp3) is 0.417. The Bertz CT molecular complexity index is 463. The molecule has 1 aliphatic heterocycles. The molecular formula is C12H18N4O2. The van der Waals surface area contributed by atoms with Gasteiger partial charge < -0.3 is 26.4 Å². The highest BCUT2D eigenvalue weighted by Crippen LogP contribution is 2.26. The number of hydrogen-bond donors (Lipinski definition) is 3. The number of carboxylic acid groups (broad SMARTS) is 1. The molecule has 98 valence electrons. The topological polar surface area (TPSA) is 95.8 Å². The van der Waals surface area contributed by atoms with Crippen LogP contribution in [-0.4, -0.2) is 41.8 Å². The van der Waals surface area contributed by atoms with Gasteiger partial charge in [0.1, 0.15) is 0 Å². The van der Waals surface area contributed by atoms with Crippen molar-refractivity contribution in [2.75, 3.05) is 36.0 Å². The highest BCUT2D eigenvalue weighted by molar-refractivity contribution is 5.70. The van der Waals surface area contributed by atoms with Gasteiger partial charge in [-0.3, -0.25) is 0 Å². The van der Waals surface area contributed by atoms with Gasteiger partial charge in [-0.15, -0.1) is 0 Å². The van der Waals surface area contributed by atoms with Crippen LogP contribution in [0.3, 0.4) is 0 Å². The van der Waals surface area contributed by atoms with Gasteiger partial charge >= 0.3 is 6.09 Å². The summed E-state index contributed by atoms with van der Waals surface area (Å²) < 4.78 is 0. The molecule has 18 heavy (non-hydrogen) atoms. The second-order valence-electron chi connectivity index (χ2n) is 4.58. The van der Waals surface area contributed by atoms with Gasteiger partial charge in [0.05, 0.1) is 11.4 Å². The number of benzene rings is 1. The summed E-state index contributed by atoms with van der Waals surface area (Å²) >= 11 is 0. The fourth-order valence-corrected chi connectivity index (χ4v) is 2.26. The van der Waals surface area contributed by atoms with Gasteiger partial charge in [0, 0.05) is 31.4 Å². The molecule has 2 rings (SSSR count). The fourth-order valence-electron chi connectivity index (χ4n) is 2.26. The Labute approximate surface area is 106 Å². The monoisotopic (exact) mass is 250 g/mol. The lowest BCUT2D eigenvalue weighted by Crippen LogP contribution is -2.53. The zero-order valence-electron chi connectivity index (χ0n) is 10.3. The zero-order chi connectivity index (χ0) is 13.3. The summed E-state index contributed by atoms with van der Waals surface area (Å²) in [4.78, 5) is 14.5. The second-order valence-corrected chi connectivity index (χ2v) is 4.58. The number of anilines is 3. The first kappa shape index (κ1) is 12.3. The van der Waals surface area contributed by atoms with Gasteiger partial charge in [0.15, 0.2) is 0 Å². The minimum absolute atomic E-state index is 0.123. The number of rotatable bonds is 1. The molecule has 1 fully saturated rings. The lowest BCUT2D eigenvalue weighted by atomic mass is 10.1. The van der Waals surface area contributed by atoms with Crippen LogP contribution in [0.2, 0.25) is 0 Å². The molecule has 0 spiro atoms. The maximum absolute atomic E-state index is 10.9. The molecule has 6 nitrogen and oxygen atoms in total. The number of amides is 1. The molecule has 5 N–H and O–H groups in total. The molecule has 1 amide bonds. The van der Waals surface area contributed by atoms with E-state index in [0.29, 0.717) is 31.0 Å². The molecule has 0 saturated carbocycles. The van der Waals surface area contributed by atoms with E-state index in [4.69, 9.17) is 16.6 Å². The third-order valence-electron chi connectivity index (χ3n) is 3.30. The Hall–Kier alpha value is -2.11. The Morgan fingerprint density at radius 3 is 2.61 bits per heavy atom. The van der Waals surface area contributed by atoms with Crippen LogP contribution in [-0.2, 0) is 0 Å². The van der Waals surface area contributed by atoms with Crippen LogP contribution in [0.25, 0.3) is 0 Å². The van der Waals surface area contributed by atoms with Crippen LogP contribution in [0.1, 0.15) is 6.92 Å². The zero-order valence-corrected chi connectivity index (χ0v) is 10.3. The lowest BCUT2D eigenvalue weighted by Gasteiger charge is -2.40. The van der Waals surface area contributed by atoms with Crippen molar-refractivity contribution in [2.45, 2.75) is 13.0 Å². The summed E-state index contributed by atoms with van der Waals surface area (Å²) in [5, 5.41) is 8.96. The lowest BCUT2D eigenvalue weighted by molar-refractivity contribution is 0.136. The van der Waals surface area contributed by atoms with Crippen molar-refractivity contribution < 1.29 is 9.90 Å². The molecular weight excluding hydrogens is 232 g/mol. The smallest absolute Gasteiger partial charge is 0.407 e. The molecule has 0 aromatic heterocycles. The summed E-state index contributed by atoms with van der Waals surface area (Å²) in [6, 6.07) is 5.65. The summed E-state index contributed by atoms with van der Waals surface area (Å²) in [5.74, 6) is 0. The van der Waals surface area contributed by atoms with E-state index in [-0.39, 0.29) is 6.04 Å². The first-order chi connectivity index (χ1) is 8.49. The van der Waals surface area contributed by atoms with Crippen molar-refractivity contribution in [2.24, 2.45) is 0 Å². The molecule has 1 saturated heterocycles. The molecule has 0 radical (unpaired) electrons. The summed E-state index contributed by atoms with van der Waals surface area (Å²) in [5.41, 5.74) is 13.6. The predicted molar refractivity (Wildman–Crippen MR) is 71.7 cm³/mol. The van der Waals surface area contributed by atoms with Crippen molar-refractivity contribution in [1.82, 2.24) is 4.90 Å². The quantitative estimate of drug-likeness (QED) is 0.647. The van der Waals surface area contributed by atoms with Gasteiger partial charge in [0.25, 0.3) is 0 Å². The molecule has 0 aliphatic carbocycles. The van der Waals surface area contributed by atoms with Crippen molar-refractivity contribution in [1.29, 1.82) is 0 Å². The Morgan fingerprint density at radius 2 is 2.06 bits per heavy atom. The minimum Gasteiger partial charge on any atom is -0.465 e. The number of nitrogen functional groups attached to an aromatic ring is 2. The van der Waals surface area contributed by atoms with Gasteiger partial charge in [-0.1, -0.05) is 0 Å². The predicted octanol–water partition coefficient (Wildman–Crippen LogP) is 1.04. The molecule has 0 bridgehead atoms. The van der Waals surface area contributed by atoms with Crippen LogP contribution in [0.15, 0.2) is 18.2 Å². The maximum Gasteiger partial charge on any atom is 0.407 e. The van der Waals surface area contributed by atoms with E-state index >= 15 is 0 Å². The summed E-state index contributed by atoms with van der Waals surface area (Å²) in [7, 11) is 0. The molecule has 1 atom stereocenters. The summed E-state index contributed by atoms with van der Waals surface area (Å²) in [6.45, 7) is 3.67. The third kappa shape index (κ3) is 2.27. The van der Waals surface area contributed by atoms with Gasteiger partial charge in [-0.2, -0.15) is 0 Å². The number of nitrogens with zero attached hydrogens (tertiary/aromatic N) is 2. The number of piperazine rings is 1. The van der Waals surface area contributed by atoms with Crippen molar-refractivity contribution in [3.05, 3.63) is 18.2 Å². The molecule has 1 heterocycles. The van der Waals surface area contributed by atoms with Crippen molar-refractivity contribution in [3.63, 3.8) is 0 Å². The van der Waals surface area contributed by atoms with Gasteiger partial charge in [-0.25, -0.2) is 4.79 Å². The van der Waals surface area contributed by atoms with E-state index < -0.39 is 6.09 Å². The molecule has 1 aromatic carbocycles. The van der Waals surface area contributed by atoms with E-state index in [2.05, 4.69) is 4.90 Å². The van der Waals surface area contributed by atoms with E-state index in [1.54, 1.807) is 6.07 Å². The van der Waals surface area contributed by atoms with E-state index in [1.165, 1.54) is 4.90 Å². The maximum atomic E-state index is 10.9. The Balaban J connectivity index is 2.15. The average molecular weight is 250 g/mol. The number of nitrogens with two attached hydrogens (primary N) is 2. The van der Waals surface area contributed by atoms with E-state index in [1.807, 2.05) is 19.1 Å². The molecule has 6 heteroatoms. The summed E-state index contributed by atoms with van der Waals surface area (Å²) in [6.07, 6.45) is -0.863. The standard InChI is InChI=1S/C12H18N4O2/c1-8-7-15(12(17)18)4-5-16(8)9-2-3-10(13)11(14)6-9/h2-3,6,8H,4-5,7,13-14H2,1H3,(H,17,18)/t8-/m0/s1. The SMILES string of the molecule is C[C@H]1CN(C(=O)O)CCN1c1ccc(N)c(N)c1. The first-order valence-electron chi connectivity index (χ1n) is 5.88. The van der Waals surface area contributed by atoms with Gasteiger partial charge in [0.2, 0.25) is 0 Å². The molecule has 1 aliphatic rings. The van der Waals surface area contributed by atoms with Crippen LogP contribution in [0.5, 0.6) is 0 Å². The van der Waals surface area contributed by atoms with Crippen LogP contribution >= 0.6 is 0 Å². The van der Waals surface area contributed by atoms with E-state index in [9.17, 15) is 4.79 Å². The van der Waals surface area contributed by atoms with Crippen molar-refractivity contribution in [3.8, 4) is 0 Å². The van der Waals surface area contributed by atoms with Crippen LogP contribution in [0.4, 0.5) is 21.9 Å². The van der Waals surface area contributed by atoms with Crippen molar-refractivity contribution >= 4 is 23.2 Å². The minimum atomic E-state index is -0.863. The largest absolute Gasteiger partial charge is 0.465 e. The Morgan fingerprint density at radius 1 is 1.33 bits per heavy atom. The Kier molecular flexibility index (Phi) is 3.18. The van der Waals surface area contributed by atoms with E-state index in [0.717, 1.165) is 5.69 Å².